The Morgan fingerprint density at radius 3 is 2.73 bits per heavy atom. The number of para-hydroxylation sites is 1. The summed E-state index contributed by atoms with van der Waals surface area (Å²) in [6, 6.07) is 19.5. The zero-order chi connectivity index (χ0) is 18.2. The minimum atomic E-state index is -0.243. The first-order valence-corrected chi connectivity index (χ1v) is 8.66. The molecule has 5 nitrogen and oxygen atoms in total. The maximum atomic E-state index is 11.8. The molecule has 0 atom stereocenters. The molecule has 0 unspecified atom stereocenters. The molecule has 0 saturated carbocycles. The smallest absolute Gasteiger partial charge is 0.306 e. The van der Waals surface area contributed by atoms with Crippen LogP contribution in [0.25, 0.3) is 5.69 Å². The molecule has 3 rings (SSSR count). The predicted octanol–water partition coefficient (Wildman–Crippen LogP) is 4.08. The molecule has 3 aromatic rings. The predicted molar refractivity (Wildman–Crippen MR) is 99.3 cm³/mol. The first kappa shape index (κ1) is 17.7. The van der Waals surface area contributed by atoms with Crippen LogP contribution in [0.1, 0.15) is 24.1 Å². The molecule has 134 valence electrons. The number of nitrogens with zero attached hydrogens (tertiary/aromatic N) is 2. The van der Waals surface area contributed by atoms with Crippen molar-refractivity contribution in [1.82, 2.24) is 9.78 Å². The van der Waals surface area contributed by atoms with E-state index in [1.165, 1.54) is 0 Å². The van der Waals surface area contributed by atoms with Crippen molar-refractivity contribution in [3.8, 4) is 11.4 Å². The van der Waals surface area contributed by atoms with Crippen LogP contribution >= 0.6 is 0 Å². The van der Waals surface area contributed by atoms with Gasteiger partial charge >= 0.3 is 5.97 Å². The quantitative estimate of drug-likeness (QED) is 0.454. The SMILES string of the molecule is Cc1cccc(OCCCC(=O)OCc2ccn(-c3ccccc3)n2)c1. The molecular formula is C21H22N2O3. The van der Waals surface area contributed by atoms with Gasteiger partial charge in [-0.05, 0) is 49.2 Å². The maximum absolute atomic E-state index is 11.8. The normalized spacial score (nSPS) is 10.5. The van der Waals surface area contributed by atoms with Crippen molar-refractivity contribution in [2.75, 3.05) is 6.61 Å². The van der Waals surface area contributed by atoms with Crippen LogP contribution in [-0.4, -0.2) is 22.4 Å². The number of benzene rings is 2. The summed E-state index contributed by atoms with van der Waals surface area (Å²) >= 11 is 0. The van der Waals surface area contributed by atoms with E-state index in [4.69, 9.17) is 9.47 Å². The average Bonchev–Trinajstić information content (AvgIpc) is 3.13. The van der Waals surface area contributed by atoms with E-state index in [1.54, 1.807) is 4.68 Å². The van der Waals surface area contributed by atoms with Crippen molar-refractivity contribution < 1.29 is 14.3 Å². The standard InChI is InChI=1S/C21H22N2O3/c1-17-7-5-10-20(15-17)25-14-6-11-21(24)26-16-18-12-13-23(22-18)19-8-3-2-4-9-19/h2-5,7-10,12-13,15H,6,11,14,16H2,1H3. The molecule has 26 heavy (non-hydrogen) atoms. The summed E-state index contributed by atoms with van der Waals surface area (Å²) in [4.78, 5) is 11.8. The van der Waals surface area contributed by atoms with Gasteiger partial charge in [-0.25, -0.2) is 4.68 Å². The third-order valence-electron chi connectivity index (χ3n) is 3.83. The van der Waals surface area contributed by atoms with Crippen LogP contribution < -0.4 is 4.74 Å². The fourth-order valence-corrected chi connectivity index (χ4v) is 2.50. The van der Waals surface area contributed by atoms with Crippen LogP contribution in [0.15, 0.2) is 66.9 Å². The topological polar surface area (TPSA) is 53.4 Å². The third-order valence-corrected chi connectivity index (χ3v) is 3.83. The van der Waals surface area contributed by atoms with Crippen LogP contribution in [0.5, 0.6) is 5.75 Å². The van der Waals surface area contributed by atoms with Gasteiger partial charge in [-0.1, -0.05) is 30.3 Å². The molecule has 1 aromatic heterocycles. The summed E-state index contributed by atoms with van der Waals surface area (Å²) in [6.45, 7) is 2.68. The third kappa shape index (κ3) is 5.21. The molecule has 0 spiro atoms. The lowest BCUT2D eigenvalue weighted by molar-refractivity contribution is -0.145. The van der Waals surface area contributed by atoms with Gasteiger partial charge in [-0.3, -0.25) is 4.79 Å². The van der Waals surface area contributed by atoms with E-state index in [-0.39, 0.29) is 12.6 Å². The highest BCUT2D eigenvalue weighted by molar-refractivity contribution is 5.69. The highest BCUT2D eigenvalue weighted by Crippen LogP contribution is 2.13. The second-order valence-electron chi connectivity index (χ2n) is 6.02. The fraction of sp³-hybridized carbons (Fsp3) is 0.238. The molecule has 0 aliphatic carbocycles. The lowest BCUT2D eigenvalue weighted by Crippen LogP contribution is -2.08. The lowest BCUT2D eigenvalue weighted by atomic mass is 10.2. The van der Waals surface area contributed by atoms with Crippen molar-refractivity contribution in [3.63, 3.8) is 0 Å². The monoisotopic (exact) mass is 350 g/mol. The van der Waals surface area contributed by atoms with Crippen molar-refractivity contribution >= 4 is 5.97 Å². The minimum Gasteiger partial charge on any atom is -0.494 e. The Morgan fingerprint density at radius 1 is 1.08 bits per heavy atom. The van der Waals surface area contributed by atoms with Crippen molar-refractivity contribution in [2.45, 2.75) is 26.4 Å². The van der Waals surface area contributed by atoms with Gasteiger partial charge in [0.2, 0.25) is 0 Å². The summed E-state index contributed by atoms with van der Waals surface area (Å²) < 4.78 is 12.7. The second-order valence-corrected chi connectivity index (χ2v) is 6.02. The molecule has 0 aliphatic rings. The van der Waals surface area contributed by atoms with Crippen LogP contribution in [0, 0.1) is 6.92 Å². The summed E-state index contributed by atoms with van der Waals surface area (Å²) in [5, 5.41) is 4.41. The summed E-state index contributed by atoms with van der Waals surface area (Å²) in [7, 11) is 0. The van der Waals surface area contributed by atoms with Crippen LogP contribution in [0.2, 0.25) is 0 Å². The zero-order valence-electron chi connectivity index (χ0n) is 14.8. The Kier molecular flexibility index (Phi) is 6.04. The molecular weight excluding hydrogens is 328 g/mol. The van der Waals surface area contributed by atoms with Crippen molar-refractivity contribution in [3.05, 3.63) is 78.1 Å². The first-order chi connectivity index (χ1) is 12.7. The Labute approximate surface area is 153 Å². The van der Waals surface area contributed by atoms with E-state index in [2.05, 4.69) is 5.10 Å². The van der Waals surface area contributed by atoms with Gasteiger partial charge in [0.15, 0.2) is 0 Å². The maximum Gasteiger partial charge on any atom is 0.306 e. The molecule has 0 bridgehead atoms. The molecule has 0 amide bonds. The highest BCUT2D eigenvalue weighted by Gasteiger charge is 2.06. The van der Waals surface area contributed by atoms with Gasteiger partial charge in [-0.2, -0.15) is 5.10 Å². The number of aromatic nitrogens is 2. The van der Waals surface area contributed by atoms with E-state index >= 15 is 0 Å². The molecule has 0 fully saturated rings. The first-order valence-electron chi connectivity index (χ1n) is 8.66. The number of hydrogen-bond donors (Lipinski definition) is 0. The Balaban J connectivity index is 1.37. The van der Waals surface area contributed by atoms with E-state index < -0.39 is 0 Å². The number of carbonyl (C=O) groups excluding carboxylic acids is 1. The zero-order valence-corrected chi connectivity index (χ0v) is 14.8. The molecule has 5 heteroatoms. The summed E-state index contributed by atoms with van der Waals surface area (Å²) in [5.41, 5.74) is 2.84. The van der Waals surface area contributed by atoms with Gasteiger partial charge in [-0.15, -0.1) is 0 Å². The van der Waals surface area contributed by atoms with E-state index in [0.717, 1.165) is 22.7 Å². The van der Waals surface area contributed by atoms with Gasteiger partial charge < -0.3 is 9.47 Å². The molecule has 0 aliphatic heterocycles. The number of aryl methyl sites for hydroxylation is 1. The summed E-state index contributed by atoms with van der Waals surface area (Å²) in [6.07, 6.45) is 2.80. The van der Waals surface area contributed by atoms with Crippen molar-refractivity contribution in [1.29, 1.82) is 0 Å². The molecule has 0 N–H and O–H groups in total. The van der Waals surface area contributed by atoms with Crippen molar-refractivity contribution in [2.24, 2.45) is 0 Å². The Bertz CT molecular complexity index is 843. The number of esters is 1. The number of carbonyl (C=O) groups is 1. The summed E-state index contributed by atoms with van der Waals surface area (Å²) in [5.74, 6) is 0.580. The van der Waals surface area contributed by atoms with Crippen LogP contribution in [0.4, 0.5) is 0 Å². The van der Waals surface area contributed by atoms with E-state index in [1.807, 2.05) is 73.8 Å². The largest absolute Gasteiger partial charge is 0.494 e. The van der Waals surface area contributed by atoms with Crippen LogP contribution in [-0.2, 0) is 16.1 Å². The molecule has 2 aromatic carbocycles. The molecule has 0 saturated heterocycles. The van der Waals surface area contributed by atoms with E-state index in [0.29, 0.717) is 19.4 Å². The van der Waals surface area contributed by atoms with E-state index in [9.17, 15) is 4.79 Å². The highest BCUT2D eigenvalue weighted by atomic mass is 16.5. The molecule has 1 heterocycles. The van der Waals surface area contributed by atoms with Gasteiger partial charge in [0.05, 0.1) is 12.3 Å². The minimum absolute atomic E-state index is 0.178. The second kappa shape index (κ2) is 8.85. The molecule has 0 radical (unpaired) electrons. The van der Waals surface area contributed by atoms with Gasteiger partial charge in [0.1, 0.15) is 18.1 Å². The fourth-order valence-electron chi connectivity index (χ4n) is 2.50. The number of hydrogen-bond acceptors (Lipinski definition) is 4. The van der Waals surface area contributed by atoms with Gasteiger partial charge in [0.25, 0.3) is 0 Å². The number of ether oxygens (including phenoxy) is 2. The average molecular weight is 350 g/mol. The Hall–Kier alpha value is -3.08. The Morgan fingerprint density at radius 2 is 1.92 bits per heavy atom. The van der Waals surface area contributed by atoms with Crippen LogP contribution in [0.3, 0.4) is 0 Å². The number of rotatable bonds is 8. The lowest BCUT2D eigenvalue weighted by Gasteiger charge is -2.07. The van der Waals surface area contributed by atoms with Gasteiger partial charge in [0, 0.05) is 12.6 Å².